The van der Waals surface area contributed by atoms with Gasteiger partial charge in [0, 0.05) is 35.9 Å². The molecule has 5 rings (SSSR count). The number of hydrogen-bond acceptors (Lipinski definition) is 5. The minimum atomic E-state index is -0.330. The van der Waals surface area contributed by atoms with Crippen LogP contribution >= 0.6 is 11.6 Å². The molecule has 1 saturated heterocycles. The predicted octanol–water partition coefficient (Wildman–Crippen LogP) is 6.30. The van der Waals surface area contributed by atoms with Crippen LogP contribution in [0, 0.1) is 0 Å². The monoisotopic (exact) mass is 547 g/mol. The topological polar surface area (TPSA) is 68.0 Å². The Bertz CT molecular complexity index is 1310. The Morgan fingerprint density at radius 3 is 2.38 bits per heavy atom. The van der Waals surface area contributed by atoms with Crippen molar-refractivity contribution >= 4 is 23.2 Å². The summed E-state index contributed by atoms with van der Waals surface area (Å²) < 4.78 is 11.9. The van der Waals surface area contributed by atoms with Gasteiger partial charge in [0.25, 0.3) is 0 Å². The fraction of sp³-hybridized carbons (Fsp3) is 0.406. The molecule has 2 heterocycles. The number of amides is 1. The van der Waals surface area contributed by atoms with Crippen molar-refractivity contribution in [2.45, 2.75) is 64.3 Å². The minimum Gasteiger partial charge on any atom is -0.493 e. The van der Waals surface area contributed by atoms with Crippen molar-refractivity contribution in [2.75, 3.05) is 25.1 Å². The van der Waals surface area contributed by atoms with Crippen LogP contribution in [0.4, 0.5) is 5.69 Å². The van der Waals surface area contributed by atoms with E-state index in [0.29, 0.717) is 16.5 Å². The van der Waals surface area contributed by atoms with Crippen LogP contribution in [-0.4, -0.2) is 43.2 Å². The van der Waals surface area contributed by atoms with Crippen LogP contribution in [0.5, 0.6) is 11.5 Å². The molecule has 0 bridgehead atoms. The predicted molar refractivity (Wildman–Crippen MR) is 157 cm³/mol. The van der Waals surface area contributed by atoms with Crippen molar-refractivity contribution in [3.8, 4) is 11.5 Å². The summed E-state index contributed by atoms with van der Waals surface area (Å²) in [7, 11) is 1.64. The van der Waals surface area contributed by atoms with Gasteiger partial charge >= 0.3 is 0 Å². The smallest absolute Gasteiger partial charge is 0.232 e. The Balaban J connectivity index is 1.56. The Kier molecular flexibility index (Phi) is 8.17. The fourth-order valence-corrected chi connectivity index (χ4v) is 5.79. The van der Waals surface area contributed by atoms with Gasteiger partial charge in [-0.1, -0.05) is 42.8 Å². The number of ether oxygens (including phenoxy) is 2. The normalized spacial score (nSPS) is 21.0. The molecule has 6 nitrogen and oxygen atoms in total. The molecule has 0 saturated carbocycles. The molecule has 2 aliphatic heterocycles. The number of nitrogens with two attached hydrogens (primary N) is 1. The van der Waals surface area contributed by atoms with Gasteiger partial charge in [0.05, 0.1) is 25.7 Å². The van der Waals surface area contributed by atoms with Gasteiger partial charge in [-0.15, -0.1) is 0 Å². The lowest BCUT2D eigenvalue weighted by atomic mass is 9.86. The number of anilines is 1. The Hall–Kier alpha value is -3.06. The van der Waals surface area contributed by atoms with Gasteiger partial charge in [-0.2, -0.15) is 0 Å². The summed E-state index contributed by atoms with van der Waals surface area (Å²) in [6.07, 6.45) is 2.22. The summed E-state index contributed by atoms with van der Waals surface area (Å²) in [5, 5.41) is 0.656. The molecular weight excluding hydrogens is 510 g/mol. The van der Waals surface area contributed by atoms with Crippen molar-refractivity contribution in [1.82, 2.24) is 4.90 Å². The molecule has 4 unspecified atom stereocenters. The summed E-state index contributed by atoms with van der Waals surface area (Å²) >= 11 is 6.25. The Morgan fingerprint density at radius 2 is 1.77 bits per heavy atom. The zero-order chi connectivity index (χ0) is 27.7. The van der Waals surface area contributed by atoms with E-state index in [1.165, 1.54) is 5.56 Å². The van der Waals surface area contributed by atoms with Gasteiger partial charge in [0.1, 0.15) is 0 Å². The first-order chi connectivity index (χ1) is 18.8. The Labute approximate surface area is 236 Å². The largest absolute Gasteiger partial charge is 0.493 e. The molecule has 3 aromatic carbocycles. The van der Waals surface area contributed by atoms with E-state index in [1.807, 2.05) is 48.2 Å². The van der Waals surface area contributed by atoms with Gasteiger partial charge in [0.2, 0.25) is 5.91 Å². The first kappa shape index (κ1) is 27.5. The maximum Gasteiger partial charge on any atom is 0.232 e. The van der Waals surface area contributed by atoms with Crippen molar-refractivity contribution in [3.63, 3.8) is 0 Å². The van der Waals surface area contributed by atoms with E-state index in [-0.39, 0.29) is 36.6 Å². The van der Waals surface area contributed by atoms with Crippen molar-refractivity contribution < 1.29 is 14.3 Å². The number of halogens is 1. The van der Waals surface area contributed by atoms with E-state index in [2.05, 4.69) is 43.0 Å². The van der Waals surface area contributed by atoms with Crippen molar-refractivity contribution in [2.24, 2.45) is 5.73 Å². The number of methoxy groups -OCH3 is 1. The summed E-state index contributed by atoms with van der Waals surface area (Å²) in [5.41, 5.74) is 11.2. The third kappa shape index (κ3) is 5.65. The van der Waals surface area contributed by atoms with E-state index in [1.54, 1.807) is 7.11 Å². The second-order valence-electron chi connectivity index (χ2n) is 10.7. The summed E-state index contributed by atoms with van der Waals surface area (Å²) in [6, 6.07) is 20.3. The third-order valence-corrected chi connectivity index (χ3v) is 8.39. The van der Waals surface area contributed by atoms with E-state index in [0.717, 1.165) is 48.3 Å². The summed E-state index contributed by atoms with van der Waals surface area (Å²) in [6.45, 7) is 8.28. The maximum absolute atomic E-state index is 13.8. The number of rotatable bonds is 8. The standard InChI is InChI=1S/C32H38ClN3O3/c1-5-20(2)39-30-18-28-24(16-29(30)38-4)17-31(37)36(32(28)23-6-10-25(33)11-7-23)27-12-8-22(9-13-27)21(3)35-15-14-26(34)19-35/h6-13,16,18,20-21,26,32H,5,14-15,17,19,34H2,1-4H3. The van der Waals surface area contributed by atoms with Gasteiger partial charge in [-0.25, -0.2) is 0 Å². The van der Waals surface area contributed by atoms with E-state index < -0.39 is 0 Å². The van der Waals surface area contributed by atoms with Crippen LogP contribution < -0.4 is 20.1 Å². The lowest BCUT2D eigenvalue weighted by molar-refractivity contribution is -0.118. The van der Waals surface area contributed by atoms with Crippen LogP contribution in [0.3, 0.4) is 0 Å². The molecular formula is C32H38ClN3O3. The number of benzene rings is 3. The summed E-state index contributed by atoms with van der Waals surface area (Å²) in [4.78, 5) is 18.1. The molecule has 2 aliphatic rings. The van der Waals surface area contributed by atoms with Crippen LogP contribution in [0.25, 0.3) is 0 Å². The first-order valence-corrected chi connectivity index (χ1v) is 14.2. The molecule has 2 N–H and O–H groups in total. The van der Waals surface area contributed by atoms with E-state index in [4.69, 9.17) is 26.8 Å². The highest BCUT2D eigenvalue weighted by Gasteiger charge is 2.36. The number of carbonyl (C=O) groups is 1. The number of nitrogens with zero attached hydrogens (tertiary/aromatic N) is 2. The first-order valence-electron chi connectivity index (χ1n) is 13.8. The molecule has 4 atom stereocenters. The second kappa shape index (κ2) is 11.6. The number of carbonyl (C=O) groups excluding carboxylic acids is 1. The van der Waals surface area contributed by atoms with Crippen LogP contribution in [0.15, 0.2) is 60.7 Å². The zero-order valence-electron chi connectivity index (χ0n) is 23.2. The fourth-order valence-electron chi connectivity index (χ4n) is 5.67. The quantitative estimate of drug-likeness (QED) is 0.358. The van der Waals surface area contributed by atoms with Gasteiger partial charge in [0.15, 0.2) is 11.5 Å². The molecule has 206 valence electrons. The van der Waals surface area contributed by atoms with Gasteiger partial charge in [-0.3, -0.25) is 9.69 Å². The SMILES string of the molecule is CCC(C)Oc1cc2c(cc1OC)CC(=O)N(c1ccc(C(C)N3CCC(N)C3)cc1)C2c1ccc(Cl)cc1. The molecule has 0 radical (unpaired) electrons. The molecule has 1 fully saturated rings. The van der Waals surface area contributed by atoms with Crippen molar-refractivity contribution in [1.29, 1.82) is 0 Å². The number of hydrogen-bond donors (Lipinski definition) is 1. The highest BCUT2D eigenvalue weighted by Crippen LogP contribution is 2.44. The van der Waals surface area contributed by atoms with E-state index in [9.17, 15) is 4.79 Å². The molecule has 0 spiro atoms. The average Bonchev–Trinajstić information content (AvgIpc) is 3.38. The zero-order valence-corrected chi connectivity index (χ0v) is 23.9. The van der Waals surface area contributed by atoms with Crippen LogP contribution in [0.1, 0.15) is 68.0 Å². The number of likely N-dealkylation sites (tertiary alicyclic amines) is 1. The molecule has 1 amide bonds. The molecule has 39 heavy (non-hydrogen) atoms. The van der Waals surface area contributed by atoms with E-state index >= 15 is 0 Å². The maximum atomic E-state index is 13.8. The summed E-state index contributed by atoms with van der Waals surface area (Å²) in [5.74, 6) is 1.36. The highest BCUT2D eigenvalue weighted by atomic mass is 35.5. The molecule has 3 aromatic rings. The minimum absolute atomic E-state index is 0.0337. The lowest BCUT2D eigenvalue weighted by Gasteiger charge is -2.38. The van der Waals surface area contributed by atoms with Crippen LogP contribution in [-0.2, 0) is 11.2 Å². The molecule has 0 aliphatic carbocycles. The Morgan fingerprint density at radius 1 is 1.05 bits per heavy atom. The highest BCUT2D eigenvalue weighted by molar-refractivity contribution is 6.30. The molecule has 7 heteroatoms. The van der Waals surface area contributed by atoms with Crippen LogP contribution in [0.2, 0.25) is 5.02 Å². The average molecular weight is 548 g/mol. The third-order valence-electron chi connectivity index (χ3n) is 8.13. The van der Waals surface area contributed by atoms with Gasteiger partial charge in [-0.05, 0) is 85.3 Å². The molecule has 0 aromatic heterocycles. The van der Waals surface area contributed by atoms with Crippen molar-refractivity contribution in [3.05, 3.63) is 87.9 Å². The lowest BCUT2D eigenvalue weighted by Crippen LogP contribution is -2.41. The number of fused-ring (bicyclic) bond motifs is 1. The van der Waals surface area contributed by atoms with Gasteiger partial charge < -0.3 is 20.1 Å². The second-order valence-corrected chi connectivity index (χ2v) is 11.2.